The topological polar surface area (TPSA) is 49.3 Å². The zero-order chi connectivity index (χ0) is 12.9. The molecule has 1 heterocycles. The Balaban J connectivity index is 0.000000139. The van der Waals surface area contributed by atoms with Crippen molar-refractivity contribution in [1.29, 1.82) is 0 Å². The number of alkyl halides is 4. The predicted octanol–water partition coefficient (Wildman–Crippen LogP) is 1.73. The third kappa shape index (κ3) is 2.12. The van der Waals surface area contributed by atoms with Crippen LogP contribution in [0.3, 0.4) is 0 Å². The fourth-order valence-electron chi connectivity index (χ4n) is 2.89. The van der Waals surface area contributed by atoms with Crippen molar-refractivity contribution in [3.05, 3.63) is 0 Å². The SMILES string of the molecule is FC12CC(C3CNC3)(C1)C2.O=C(O)C(F)(F)F. The minimum absolute atomic E-state index is 0.486. The van der Waals surface area contributed by atoms with E-state index in [2.05, 4.69) is 5.32 Å². The van der Waals surface area contributed by atoms with Crippen molar-refractivity contribution < 1.29 is 27.5 Å². The summed E-state index contributed by atoms with van der Waals surface area (Å²) in [5.74, 6) is -1.93. The van der Waals surface area contributed by atoms with Gasteiger partial charge < -0.3 is 10.4 Å². The van der Waals surface area contributed by atoms with Crippen LogP contribution < -0.4 is 5.32 Å². The van der Waals surface area contributed by atoms with Gasteiger partial charge in [0.1, 0.15) is 5.67 Å². The zero-order valence-electron chi connectivity index (χ0n) is 8.98. The predicted molar refractivity (Wildman–Crippen MR) is 50.2 cm³/mol. The monoisotopic (exact) mass is 255 g/mol. The molecule has 0 amide bonds. The molecule has 4 fully saturated rings. The Hall–Kier alpha value is -0.850. The van der Waals surface area contributed by atoms with E-state index in [4.69, 9.17) is 9.90 Å². The Morgan fingerprint density at radius 1 is 1.24 bits per heavy atom. The summed E-state index contributed by atoms with van der Waals surface area (Å²) in [5, 5.41) is 10.4. The fourth-order valence-corrected chi connectivity index (χ4v) is 2.89. The lowest BCUT2D eigenvalue weighted by Gasteiger charge is -2.70. The molecule has 0 unspecified atom stereocenters. The van der Waals surface area contributed by atoms with Gasteiger partial charge in [0.25, 0.3) is 0 Å². The number of hydrogen-bond donors (Lipinski definition) is 2. The molecule has 1 aliphatic heterocycles. The van der Waals surface area contributed by atoms with E-state index in [1.807, 2.05) is 0 Å². The van der Waals surface area contributed by atoms with Gasteiger partial charge in [-0.3, -0.25) is 0 Å². The minimum Gasteiger partial charge on any atom is -0.475 e. The van der Waals surface area contributed by atoms with Gasteiger partial charge in [-0.05, 0) is 43.7 Å². The molecule has 0 aromatic heterocycles. The first-order valence-corrected chi connectivity index (χ1v) is 5.37. The van der Waals surface area contributed by atoms with E-state index >= 15 is 0 Å². The highest BCUT2D eigenvalue weighted by Gasteiger charge is 2.71. The Kier molecular flexibility index (Phi) is 2.65. The van der Waals surface area contributed by atoms with Crippen molar-refractivity contribution in [1.82, 2.24) is 5.32 Å². The standard InChI is InChI=1S/C8H12FN.C2HF3O2/c9-8-3-7(4-8,5-8)6-1-10-2-6;3-2(4,5)1(6)7/h6,10H,1-5H2;(H,6,7). The van der Waals surface area contributed by atoms with E-state index in [0.717, 1.165) is 38.3 Å². The van der Waals surface area contributed by atoms with E-state index in [1.165, 1.54) is 0 Å². The number of carboxylic acids is 1. The molecule has 0 radical (unpaired) electrons. The van der Waals surface area contributed by atoms with Crippen LogP contribution >= 0.6 is 0 Å². The van der Waals surface area contributed by atoms with E-state index in [1.54, 1.807) is 0 Å². The highest BCUT2D eigenvalue weighted by Crippen LogP contribution is 2.73. The first kappa shape index (κ1) is 12.6. The van der Waals surface area contributed by atoms with Gasteiger partial charge in [0.05, 0.1) is 0 Å². The molecule has 4 rings (SSSR count). The van der Waals surface area contributed by atoms with Crippen LogP contribution in [0.15, 0.2) is 0 Å². The zero-order valence-corrected chi connectivity index (χ0v) is 8.98. The summed E-state index contributed by atoms with van der Waals surface area (Å²) in [5.41, 5.74) is -0.199. The second kappa shape index (κ2) is 3.57. The van der Waals surface area contributed by atoms with Crippen molar-refractivity contribution >= 4 is 5.97 Å². The van der Waals surface area contributed by atoms with Gasteiger partial charge in [-0.25, -0.2) is 9.18 Å². The third-order valence-electron chi connectivity index (χ3n) is 3.90. The number of hydrogen-bond acceptors (Lipinski definition) is 2. The second-order valence-electron chi connectivity index (χ2n) is 5.20. The first-order chi connectivity index (χ1) is 7.67. The lowest BCUT2D eigenvalue weighted by atomic mass is 9.37. The van der Waals surface area contributed by atoms with Crippen LogP contribution in [-0.2, 0) is 4.79 Å². The maximum absolute atomic E-state index is 13.0. The Bertz CT molecular complexity index is 318. The molecule has 3 saturated carbocycles. The van der Waals surface area contributed by atoms with E-state index < -0.39 is 17.8 Å². The van der Waals surface area contributed by atoms with Crippen LogP contribution in [-0.4, -0.2) is 36.0 Å². The van der Waals surface area contributed by atoms with E-state index in [0.29, 0.717) is 5.41 Å². The van der Waals surface area contributed by atoms with Gasteiger partial charge in [-0.1, -0.05) is 0 Å². The highest BCUT2D eigenvalue weighted by atomic mass is 19.4. The molecule has 0 aromatic rings. The van der Waals surface area contributed by atoms with Gasteiger partial charge in [0, 0.05) is 0 Å². The Morgan fingerprint density at radius 2 is 1.65 bits per heavy atom. The second-order valence-corrected chi connectivity index (χ2v) is 5.20. The summed E-state index contributed by atoms with van der Waals surface area (Å²) in [6.07, 6.45) is -2.44. The molecule has 2 bridgehead atoms. The summed E-state index contributed by atoms with van der Waals surface area (Å²) in [4.78, 5) is 8.90. The van der Waals surface area contributed by atoms with Crippen LogP contribution in [0.2, 0.25) is 0 Å². The maximum Gasteiger partial charge on any atom is 0.490 e. The maximum atomic E-state index is 13.0. The highest BCUT2D eigenvalue weighted by molar-refractivity contribution is 5.73. The molecule has 17 heavy (non-hydrogen) atoms. The summed E-state index contributed by atoms with van der Waals surface area (Å²) in [6.45, 7) is 2.30. The smallest absolute Gasteiger partial charge is 0.475 e. The van der Waals surface area contributed by atoms with Crippen LogP contribution in [0.5, 0.6) is 0 Å². The summed E-state index contributed by atoms with van der Waals surface area (Å²) < 4.78 is 44.8. The number of aliphatic carboxylic acids is 1. The van der Waals surface area contributed by atoms with Crippen molar-refractivity contribution in [2.45, 2.75) is 31.1 Å². The number of carboxylic acid groups (broad SMARTS) is 1. The minimum atomic E-state index is -5.08. The normalized spacial score (nSPS) is 39.1. The van der Waals surface area contributed by atoms with Crippen molar-refractivity contribution in [3.63, 3.8) is 0 Å². The largest absolute Gasteiger partial charge is 0.490 e. The fraction of sp³-hybridized carbons (Fsp3) is 0.900. The van der Waals surface area contributed by atoms with Crippen molar-refractivity contribution in [2.24, 2.45) is 11.3 Å². The molecular formula is C10H13F4NO2. The molecular weight excluding hydrogens is 242 g/mol. The van der Waals surface area contributed by atoms with Crippen molar-refractivity contribution in [2.75, 3.05) is 13.1 Å². The molecule has 4 aliphatic rings. The molecule has 2 N–H and O–H groups in total. The molecule has 0 atom stereocenters. The number of carbonyl (C=O) groups is 1. The molecule has 1 saturated heterocycles. The lowest BCUT2D eigenvalue weighted by molar-refractivity contribution is -0.248. The van der Waals surface area contributed by atoms with E-state index in [9.17, 15) is 17.6 Å². The molecule has 0 aromatic carbocycles. The number of rotatable bonds is 1. The number of halogens is 4. The third-order valence-corrected chi connectivity index (χ3v) is 3.90. The van der Waals surface area contributed by atoms with Crippen LogP contribution in [0.4, 0.5) is 17.6 Å². The molecule has 3 nitrogen and oxygen atoms in total. The van der Waals surface area contributed by atoms with Crippen molar-refractivity contribution in [3.8, 4) is 0 Å². The van der Waals surface area contributed by atoms with Crippen LogP contribution in [0.1, 0.15) is 19.3 Å². The summed E-state index contributed by atoms with van der Waals surface area (Å²) in [7, 11) is 0. The van der Waals surface area contributed by atoms with Crippen LogP contribution in [0, 0.1) is 11.3 Å². The first-order valence-electron chi connectivity index (χ1n) is 5.37. The lowest BCUT2D eigenvalue weighted by Crippen LogP contribution is -2.72. The molecule has 3 aliphatic carbocycles. The number of nitrogens with one attached hydrogen (secondary N) is 1. The van der Waals surface area contributed by atoms with Gasteiger partial charge in [0.15, 0.2) is 0 Å². The average molecular weight is 255 g/mol. The Labute approximate surface area is 95.2 Å². The van der Waals surface area contributed by atoms with Gasteiger partial charge in [-0.15, -0.1) is 0 Å². The van der Waals surface area contributed by atoms with Gasteiger partial charge in [0.2, 0.25) is 0 Å². The quantitative estimate of drug-likeness (QED) is 0.701. The van der Waals surface area contributed by atoms with Gasteiger partial charge in [-0.2, -0.15) is 13.2 Å². The van der Waals surface area contributed by atoms with E-state index in [-0.39, 0.29) is 0 Å². The van der Waals surface area contributed by atoms with Crippen LogP contribution in [0.25, 0.3) is 0 Å². The molecule has 7 heteroatoms. The Morgan fingerprint density at radius 3 is 1.82 bits per heavy atom. The summed E-state index contributed by atoms with van der Waals surface area (Å²) in [6, 6.07) is 0. The molecule has 0 spiro atoms. The molecule has 98 valence electrons. The van der Waals surface area contributed by atoms with Gasteiger partial charge >= 0.3 is 12.1 Å². The summed E-state index contributed by atoms with van der Waals surface area (Å²) >= 11 is 0. The average Bonchev–Trinajstić information content (AvgIpc) is 1.95.